The van der Waals surface area contributed by atoms with E-state index in [0.717, 1.165) is 0 Å². The van der Waals surface area contributed by atoms with Crippen LogP contribution in [-0.4, -0.2) is 11.7 Å². The highest BCUT2D eigenvalue weighted by molar-refractivity contribution is 6.25. The third-order valence-corrected chi connectivity index (χ3v) is 2.68. The first-order chi connectivity index (χ1) is 9.18. The molecule has 0 saturated carbocycles. The molecule has 3 heteroatoms. The third kappa shape index (κ3) is 3.16. The second-order valence-electron chi connectivity index (χ2n) is 4.02. The van der Waals surface area contributed by atoms with Gasteiger partial charge in [0.1, 0.15) is 0 Å². The maximum Gasteiger partial charge on any atom is 0.249 e. The van der Waals surface area contributed by atoms with Gasteiger partial charge in [0.25, 0.3) is 0 Å². The van der Waals surface area contributed by atoms with Crippen molar-refractivity contribution in [2.24, 2.45) is 5.73 Å². The Morgan fingerprint density at radius 3 is 1.74 bits per heavy atom. The molecule has 0 aliphatic heterocycles. The standard InChI is InChI=1S/C16H13NO2/c17-16(19)14(12-7-3-1-4-8-12)11-15(18)13-9-5-2-6-10-13/h1-11H,(H2,17,19). The number of primary amides is 1. The fourth-order valence-electron chi connectivity index (χ4n) is 1.73. The number of carbonyl (C=O) groups is 2. The quantitative estimate of drug-likeness (QED) is 0.670. The van der Waals surface area contributed by atoms with Crippen molar-refractivity contribution < 1.29 is 9.59 Å². The van der Waals surface area contributed by atoms with Crippen molar-refractivity contribution in [3.05, 3.63) is 77.9 Å². The molecule has 19 heavy (non-hydrogen) atoms. The molecule has 2 N–H and O–H groups in total. The van der Waals surface area contributed by atoms with Gasteiger partial charge in [-0.1, -0.05) is 60.7 Å². The lowest BCUT2D eigenvalue weighted by Crippen LogP contribution is -2.14. The van der Waals surface area contributed by atoms with Crippen molar-refractivity contribution in [3.63, 3.8) is 0 Å². The smallest absolute Gasteiger partial charge is 0.249 e. The van der Waals surface area contributed by atoms with Crippen LogP contribution < -0.4 is 5.73 Å². The Labute approximate surface area is 111 Å². The Bertz CT molecular complexity index is 616. The predicted octanol–water partition coefficient (Wildman–Crippen LogP) is 2.44. The molecule has 2 aromatic carbocycles. The molecule has 0 bridgehead atoms. The van der Waals surface area contributed by atoms with Crippen LogP contribution in [0.4, 0.5) is 0 Å². The van der Waals surface area contributed by atoms with E-state index in [1.807, 2.05) is 12.1 Å². The average Bonchev–Trinajstić information content (AvgIpc) is 2.46. The summed E-state index contributed by atoms with van der Waals surface area (Å²) in [6.45, 7) is 0. The first-order valence-corrected chi connectivity index (χ1v) is 5.85. The van der Waals surface area contributed by atoms with Crippen molar-refractivity contribution in [1.82, 2.24) is 0 Å². The van der Waals surface area contributed by atoms with Crippen LogP contribution >= 0.6 is 0 Å². The maximum atomic E-state index is 12.0. The van der Waals surface area contributed by atoms with E-state index in [1.165, 1.54) is 6.08 Å². The van der Waals surface area contributed by atoms with E-state index < -0.39 is 5.91 Å². The molecule has 2 aromatic rings. The van der Waals surface area contributed by atoms with Crippen molar-refractivity contribution in [3.8, 4) is 0 Å². The molecule has 3 nitrogen and oxygen atoms in total. The molecule has 94 valence electrons. The van der Waals surface area contributed by atoms with Gasteiger partial charge in [-0.15, -0.1) is 0 Å². The molecule has 0 aromatic heterocycles. The zero-order valence-corrected chi connectivity index (χ0v) is 10.2. The second-order valence-corrected chi connectivity index (χ2v) is 4.02. The van der Waals surface area contributed by atoms with Gasteiger partial charge in [-0.25, -0.2) is 0 Å². The van der Waals surface area contributed by atoms with Crippen LogP contribution in [0.5, 0.6) is 0 Å². The summed E-state index contributed by atoms with van der Waals surface area (Å²) in [5.41, 5.74) is 6.72. The minimum Gasteiger partial charge on any atom is -0.366 e. The molecule has 0 fully saturated rings. The monoisotopic (exact) mass is 251 g/mol. The number of carbonyl (C=O) groups excluding carboxylic acids is 2. The number of allylic oxidation sites excluding steroid dienone is 1. The van der Waals surface area contributed by atoms with E-state index in [2.05, 4.69) is 0 Å². The summed E-state index contributed by atoms with van der Waals surface area (Å²) < 4.78 is 0. The zero-order valence-electron chi connectivity index (χ0n) is 10.2. The average molecular weight is 251 g/mol. The van der Waals surface area contributed by atoms with E-state index in [4.69, 9.17) is 5.73 Å². The van der Waals surface area contributed by atoms with Gasteiger partial charge in [-0.2, -0.15) is 0 Å². The molecular weight excluding hydrogens is 238 g/mol. The number of rotatable bonds is 4. The van der Waals surface area contributed by atoms with E-state index in [0.29, 0.717) is 11.1 Å². The summed E-state index contributed by atoms with van der Waals surface area (Å²) >= 11 is 0. The lowest BCUT2D eigenvalue weighted by molar-refractivity contribution is -0.112. The number of hydrogen-bond acceptors (Lipinski definition) is 2. The molecule has 2 rings (SSSR count). The molecule has 0 spiro atoms. The predicted molar refractivity (Wildman–Crippen MR) is 74.4 cm³/mol. The van der Waals surface area contributed by atoms with Gasteiger partial charge < -0.3 is 5.73 Å². The first kappa shape index (κ1) is 12.8. The molecule has 0 heterocycles. The van der Waals surface area contributed by atoms with Gasteiger partial charge in [-0.3, -0.25) is 9.59 Å². The third-order valence-electron chi connectivity index (χ3n) is 2.68. The fraction of sp³-hybridized carbons (Fsp3) is 0. The van der Waals surface area contributed by atoms with Crippen LogP contribution in [-0.2, 0) is 4.79 Å². The Morgan fingerprint density at radius 2 is 1.26 bits per heavy atom. The van der Waals surface area contributed by atoms with Gasteiger partial charge in [0.15, 0.2) is 5.78 Å². The number of ketones is 1. The van der Waals surface area contributed by atoms with Crippen molar-refractivity contribution in [2.45, 2.75) is 0 Å². The van der Waals surface area contributed by atoms with E-state index >= 15 is 0 Å². The Hall–Kier alpha value is -2.68. The Morgan fingerprint density at radius 1 is 0.789 bits per heavy atom. The van der Waals surface area contributed by atoms with Crippen LogP contribution in [0.1, 0.15) is 15.9 Å². The van der Waals surface area contributed by atoms with Crippen LogP contribution in [0.2, 0.25) is 0 Å². The van der Waals surface area contributed by atoms with E-state index in [9.17, 15) is 9.59 Å². The molecular formula is C16H13NO2. The highest BCUT2D eigenvalue weighted by Gasteiger charge is 2.11. The topological polar surface area (TPSA) is 60.2 Å². The number of benzene rings is 2. The lowest BCUT2D eigenvalue weighted by Gasteiger charge is -2.03. The van der Waals surface area contributed by atoms with Gasteiger partial charge >= 0.3 is 0 Å². The molecule has 1 amide bonds. The Balaban J connectivity index is 2.38. The van der Waals surface area contributed by atoms with Crippen LogP contribution in [0.25, 0.3) is 5.57 Å². The SMILES string of the molecule is NC(=O)C(=CC(=O)c1ccccc1)c1ccccc1. The van der Waals surface area contributed by atoms with Crippen LogP contribution in [0.3, 0.4) is 0 Å². The first-order valence-electron chi connectivity index (χ1n) is 5.85. The summed E-state index contributed by atoms with van der Waals surface area (Å²) in [4.78, 5) is 23.5. The molecule has 0 aliphatic carbocycles. The maximum absolute atomic E-state index is 12.0. The van der Waals surface area contributed by atoms with E-state index in [-0.39, 0.29) is 11.4 Å². The van der Waals surface area contributed by atoms with E-state index in [1.54, 1.807) is 48.5 Å². The summed E-state index contributed by atoms with van der Waals surface area (Å²) in [5, 5.41) is 0. The lowest BCUT2D eigenvalue weighted by atomic mass is 10.0. The minimum absolute atomic E-state index is 0.217. The molecule has 0 unspecified atom stereocenters. The molecule has 0 radical (unpaired) electrons. The molecule has 0 atom stereocenters. The highest BCUT2D eigenvalue weighted by atomic mass is 16.1. The van der Waals surface area contributed by atoms with Gasteiger partial charge in [0.2, 0.25) is 5.91 Å². The number of hydrogen-bond donors (Lipinski definition) is 1. The molecule has 0 aliphatic rings. The van der Waals surface area contributed by atoms with Gasteiger partial charge in [0, 0.05) is 5.56 Å². The highest BCUT2D eigenvalue weighted by Crippen LogP contribution is 2.15. The van der Waals surface area contributed by atoms with Gasteiger partial charge in [0.05, 0.1) is 5.57 Å². The summed E-state index contributed by atoms with van der Waals surface area (Å²) in [7, 11) is 0. The minimum atomic E-state index is -0.615. The summed E-state index contributed by atoms with van der Waals surface area (Å²) in [6.07, 6.45) is 1.28. The number of nitrogens with two attached hydrogens (primary N) is 1. The summed E-state index contributed by atoms with van der Waals surface area (Å²) in [6, 6.07) is 17.7. The normalized spacial score (nSPS) is 11.1. The van der Waals surface area contributed by atoms with Crippen molar-refractivity contribution in [1.29, 1.82) is 0 Å². The number of amides is 1. The van der Waals surface area contributed by atoms with Crippen molar-refractivity contribution in [2.75, 3.05) is 0 Å². The van der Waals surface area contributed by atoms with Crippen LogP contribution in [0.15, 0.2) is 66.7 Å². The second kappa shape index (κ2) is 5.78. The zero-order chi connectivity index (χ0) is 13.7. The summed E-state index contributed by atoms with van der Waals surface area (Å²) in [5.74, 6) is -0.853. The Kier molecular flexibility index (Phi) is 3.88. The fourth-order valence-corrected chi connectivity index (χ4v) is 1.73. The largest absolute Gasteiger partial charge is 0.366 e. The van der Waals surface area contributed by atoms with Crippen molar-refractivity contribution >= 4 is 17.3 Å². The molecule has 0 saturated heterocycles. The van der Waals surface area contributed by atoms with Gasteiger partial charge in [-0.05, 0) is 11.6 Å². The van der Waals surface area contributed by atoms with Crippen LogP contribution in [0, 0.1) is 0 Å².